The third kappa shape index (κ3) is 7.28. The molecule has 7 nitrogen and oxygen atoms in total. The molecule has 0 aromatic heterocycles. The van der Waals surface area contributed by atoms with Gasteiger partial charge in [0.1, 0.15) is 18.0 Å². The van der Waals surface area contributed by atoms with Gasteiger partial charge in [0.2, 0.25) is 11.8 Å². The lowest BCUT2D eigenvalue weighted by Crippen LogP contribution is -2.54. The highest BCUT2D eigenvalue weighted by molar-refractivity contribution is 14.1. The van der Waals surface area contributed by atoms with E-state index in [4.69, 9.17) is 9.84 Å². The molecule has 0 radical (unpaired) electrons. The number of aliphatic hydroxyl groups excluding tert-OH is 2. The molecule has 0 saturated carbocycles. The number of halogens is 1. The molecule has 2 amide bonds. The Morgan fingerprint density at radius 3 is 2.54 bits per heavy atom. The smallest absolute Gasteiger partial charge is 0.247 e. The SMILES string of the molecule is CCCC(=O)N(Cc1ccc(C)cc1)C1CC(C(=O)NCCO)=CC(Oc2ccccc2I)C1O. The van der Waals surface area contributed by atoms with E-state index in [0.717, 1.165) is 14.7 Å². The summed E-state index contributed by atoms with van der Waals surface area (Å²) in [5, 5.41) is 23.2. The predicted molar refractivity (Wildman–Crippen MR) is 143 cm³/mol. The molecule has 0 saturated heterocycles. The molecule has 3 rings (SSSR count). The van der Waals surface area contributed by atoms with Crippen LogP contribution in [0.5, 0.6) is 5.75 Å². The quantitative estimate of drug-likeness (QED) is 0.368. The fourth-order valence-corrected chi connectivity index (χ4v) is 4.62. The van der Waals surface area contributed by atoms with Crippen molar-refractivity contribution >= 4 is 34.4 Å². The van der Waals surface area contributed by atoms with Crippen LogP contribution in [-0.4, -0.2) is 58.3 Å². The zero-order valence-corrected chi connectivity index (χ0v) is 22.3. The highest BCUT2D eigenvalue weighted by Gasteiger charge is 2.40. The molecular weight excluding hydrogens is 559 g/mol. The van der Waals surface area contributed by atoms with Crippen molar-refractivity contribution in [1.82, 2.24) is 10.2 Å². The van der Waals surface area contributed by atoms with E-state index in [1.165, 1.54) is 0 Å². The van der Waals surface area contributed by atoms with Gasteiger partial charge in [-0.2, -0.15) is 0 Å². The average Bonchev–Trinajstić information content (AvgIpc) is 2.85. The largest absolute Gasteiger partial charge is 0.482 e. The van der Waals surface area contributed by atoms with Gasteiger partial charge < -0.3 is 25.2 Å². The van der Waals surface area contributed by atoms with E-state index in [-0.39, 0.29) is 31.4 Å². The minimum Gasteiger partial charge on any atom is -0.482 e. The highest BCUT2D eigenvalue weighted by atomic mass is 127. The molecule has 2 aromatic carbocycles. The van der Waals surface area contributed by atoms with Crippen molar-refractivity contribution in [3.8, 4) is 5.75 Å². The van der Waals surface area contributed by atoms with E-state index in [2.05, 4.69) is 27.9 Å². The monoisotopic (exact) mass is 592 g/mol. The fourth-order valence-electron chi connectivity index (χ4n) is 4.10. The van der Waals surface area contributed by atoms with Gasteiger partial charge in [-0.25, -0.2) is 0 Å². The van der Waals surface area contributed by atoms with Crippen LogP contribution in [0, 0.1) is 10.5 Å². The number of rotatable bonds is 10. The zero-order chi connectivity index (χ0) is 25.4. The summed E-state index contributed by atoms with van der Waals surface area (Å²) in [5.74, 6) is 0.168. The Hall–Kier alpha value is -2.43. The molecule has 35 heavy (non-hydrogen) atoms. The number of para-hydroxylation sites is 1. The second kappa shape index (κ2) is 13.0. The molecule has 0 bridgehead atoms. The third-order valence-electron chi connectivity index (χ3n) is 5.97. The summed E-state index contributed by atoms with van der Waals surface area (Å²) in [6, 6.07) is 14.7. The van der Waals surface area contributed by atoms with Crippen LogP contribution in [0.15, 0.2) is 60.2 Å². The second-order valence-electron chi connectivity index (χ2n) is 8.70. The van der Waals surface area contributed by atoms with Crippen LogP contribution in [0.1, 0.15) is 37.3 Å². The van der Waals surface area contributed by atoms with Crippen molar-refractivity contribution in [2.75, 3.05) is 13.2 Å². The van der Waals surface area contributed by atoms with E-state index >= 15 is 0 Å². The standard InChI is InChI=1S/C27H33IN2O5/c1-3-6-25(32)30(17-19-11-9-18(2)10-12-19)22-15-20(27(34)29-13-14-31)16-24(26(22)33)35-23-8-5-4-7-21(23)28/h4-5,7-12,16,22,24,26,31,33H,3,6,13-15,17H2,1-2H3,(H,29,34). The first kappa shape index (κ1) is 27.2. The number of carbonyl (C=O) groups is 2. The lowest BCUT2D eigenvalue weighted by Gasteiger charge is -2.40. The summed E-state index contributed by atoms with van der Waals surface area (Å²) in [6.07, 6.45) is 0.971. The topological polar surface area (TPSA) is 99.1 Å². The summed E-state index contributed by atoms with van der Waals surface area (Å²) in [6.45, 7) is 4.21. The number of carbonyl (C=O) groups excluding carboxylic acids is 2. The molecule has 3 N–H and O–H groups in total. The van der Waals surface area contributed by atoms with E-state index in [1.807, 2.05) is 62.4 Å². The van der Waals surface area contributed by atoms with Gasteiger partial charge in [-0.3, -0.25) is 9.59 Å². The molecule has 3 unspecified atom stereocenters. The molecule has 3 atom stereocenters. The lowest BCUT2D eigenvalue weighted by molar-refractivity contribution is -0.139. The number of ether oxygens (including phenoxy) is 1. The van der Waals surface area contributed by atoms with Crippen LogP contribution >= 0.6 is 22.6 Å². The summed E-state index contributed by atoms with van der Waals surface area (Å²) in [4.78, 5) is 27.8. The molecule has 0 fully saturated rings. The van der Waals surface area contributed by atoms with Gasteiger partial charge in [-0.15, -0.1) is 0 Å². The van der Waals surface area contributed by atoms with Crippen LogP contribution in [0.4, 0.5) is 0 Å². The highest BCUT2D eigenvalue weighted by Crippen LogP contribution is 2.30. The van der Waals surface area contributed by atoms with E-state index in [1.54, 1.807) is 11.0 Å². The maximum atomic E-state index is 13.2. The minimum atomic E-state index is -1.04. The van der Waals surface area contributed by atoms with Crippen LogP contribution in [0.2, 0.25) is 0 Å². The summed E-state index contributed by atoms with van der Waals surface area (Å²) >= 11 is 2.16. The van der Waals surface area contributed by atoms with E-state index < -0.39 is 18.2 Å². The van der Waals surface area contributed by atoms with Gasteiger partial charge in [0, 0.05) is 31.5 Å². The fraction of sp³-hybridized carbons (Fsp3) is 0.407. The summed E-state index contributed by atoms with van der Waals surface area (Å²) < 4.78 is 7.04. The van der Waals surface area contributed by atoms with Crippen LogP contribution in [-0.2, 0) is 16.1 Å². The maximum absolute atomic E-state index is 13.2. The number of aliphatic hydroxyl groups is 2. The minimum absolute atomic E-state index is 0.0813. The van der Waals surface area contributed by atoms with Gasteiger partial charge in [-0.05, 0) is 59.7 Å². The number of nitrogens with one attached hydrogen (secondary N) is 1. The maximum Gasteiger partial charge on any atom is 0.247 e. The molecule has 1 aliphatic carbocycles. The second-order valence-corrected chi connectivity index (χ2v) is 9.87. The number of nitrogens with zero attached hydrogens (tertiary/aromatic N) is 1. The van der Waals surface area contributed by atoms with Crippen molar-refractivity contribution in [2.45, 2.75) is 57.9 Å². The average molecular weight is 592 g/mol. The Balaban J connectivity index is 1.96. The van der Waals surface area contributed by atoms with Crippen LogP contribution < -0.4 is 10.1 Å². The van der Waals surface area contributed by atoms with Gasteiger partial charge in [-0.1, -0.05) is 48.9 Å². The Morgan fingerprint density at radius 1 is 1.17 bits per heavy atom. The van der Waals surface area contributed by atoms with Crippen molar-refractivity contribution < 1.29 is 24.5 Å². The summed E-state index contributed by atoms with van der Waals surface area (Å²) in [5.41, 5.74) is 2.49. The first-order valence-electron chi connectivity index (χ1n) is 11.9. The van der Waals surface area contributed by atoms with Crippen LogP contribution in [0.3, 0.4) is 0 Å². The number of amides is 2. The zero-order valence-electron chi connectivity index (χ0n) is 20.1. The Kier molecular flexibility index (Phi) is 10.1. The molecule has 188 valence electrons. The Morgan fingerprint density at radius 2 is 1.89 bits per heavy atom. The van der Waals surface area contributed by atoms with Crippen molar-refractivity contribution in [1.29, 1.82) is 0 Å². The molecule has 0 aliphatic heterocycles. The van der Waals surface area contributed by atoms with Crippen molar-refractivity contribution in [3.63, 3.8) is 0 Å². The van der Waals surface area contributed by atoms with Gasteiger partial charge in [0.25, 0.3) is 0 Å². The Labute approximate surface area is 220 Å². The molecule has 0 heterocycles. The van der Waals surface area contributed by atoms with E-state index in [9.17, 15) is 14.7 Å². The van der Waals surface area contributed by atoms with Crippen molar-refractivity contribution in [3.05, 3.63) is 74.9 Å². The molecule has 1 aliphatic rings. The molecule has 2 aromatic rings. The third-order valence-corrected chi connectivity index (χ3v) is 6.86. The van der Waals surface area contributed by atoms with E-state index in [0.29, 0.717) is 30.7 Å². The number of hydrogen-bond acceptors (Lipinski definition) is 5. The van der Waals surface area contributed by atoms with Gasteiger partial charge in [0.15, 0.2) is 0 Å². The Bertz CT molecular complexity index is 1040. The predicted octanol–water partition coefficient (Wildman–Crippen LogP) is 3.34. The first-order chi connectivity index (χ1) is 16.8. The van der Waals surface area contributed by atoms with Gasteiger partial charge >= 0.3 is 0 Å². The molecule has 0 spiro atoms. The summed E-state index contributed by atoms with van der Waals surface area (Å²) in [7, 11) is 0. The van der Waals surface area contributed by atoms with Crippen LogP contribution in [0.25, 0.3) is 0 Å². The number of hydrogen-bond donors (Lipinski definition) is 3. The number of benzene rings is 2. The van der Waals surface area contributed by atoms with Crippen molar-refractivity contribution in [2.24, 2.45) is 0 Å². The van der Waals surface area contributed by atoms with Gasteiger partial charge in [0.05, 0.1) is 16.2 Å². The normalized spacial score (nSPS) is 19.6. The molecule has 8 heteroatoms. The first-order valence-corrected chi connectivity index (χ1v) is 13.0. The molecular formula is C27H33IN2O5. The number of aryl methyl sites for hydroxylation is 1. The lowest BCUT2D eigenvalue weighted by atomic mass is 9.87.